The van der Waals surface area contributed by atoms with Crippen LogP contribution >= 0.6 is 23.7 Å². The number of nitrogens with zero attached hydrogens (tertiary/aromatic N) is 1. The largest absolute Gasteiger partial charge is 0.484 e. The lowest BCUT2D eigenvalue weighted by molar-refractivity contribution is -0.118. The highest BCUT2D eigenvalue weighted by atomic mass is 35.5. The Kier molecular flexibility index (Phi) is 6.91. The third-order valence-electron chi connectivity index (χ3n) is 5.76. The molecule has 178 valence electrons. The average Bonchev–Trinajstić information content (AvgIpc) is 3.25. The van der Waals surface area contributed by atoms with E-state index in [9.17, 15) is 9.59 Å². The molecule has 5 aromatic rings. The molecule has 0 saturated heterocycles. The number of ether oxygens (including phenoxy) is 1. The van der Waals surface area contributed by atoms with Crippen LogP contribution in [-0.2, 0) is 4.79 Å². The van der Waals surface area contributed by atoms with Crippen LogP contribution in [0.2, 0.25) is 0 Å². The number of amides is 1. The van der Waals surface area contributed by atoms with E-state index in [1.165, 1.54) is 5.56 Å². The molecule has 6 nitrogen and oxygen atoms in total. The summed E-state index contributed by atoms with van der Waals surface area (Å²) >= 11 is 1.65. The normalized spacial score (nSPS) is 10.8. The molecule has 1 N–H and O–H groups in total. The molecular formula is C27H23ClN2O4S. The monoisotopic (exact) mass is 506 g/mol. The van der Waals surface area contributed by atoms with Gasteiger partial charge in [-0.1, -0.05) is 6.07 Å². The first kappa shape index (κ1) is 24.4. The van der Waals surface area contributed by atoms with Gasteiger partial charge in [-0.25, -0.2) is 9.78 Å². The first-order valence-electron chi connectivity index (χ1n) is 10.8. The summed E-state index contributed by atoms with van der Waals surface area (Å²) in [6, 6.07) is 19.0. The molecule has 0 bridgehead atoms. The predicted octanol–water partition coefficient (Wildman–Crippen LogP) is 6.43. The van der Waals surface area contributed by atoms with Crippen molar-refractivity contribution in [1.82, 2.24) is 4.98 Å². The summed E-state index contributed by atoms with van der Waals surface area (Å²) in [5.41, 5.74) is 5.39. The summed E-state index contributed by atoms with van der Waals surface area (Å²) in [5, 5.41) is 4.62. The van der Waals surface area contributed by atoms with Crippen LogP contribution in [0.1, 0.15) is 16.7 Å². The zero-order chi connectivity index (χ0) is 23.8. The summed E-state index contributed by atoms with van der Waals surface area (Å²) in [5.74, 6) is 0.167. The van der Waals surface area contributed by atoms with E-state index >= 15 is 0 Å². The second kappa shape index (κ2) is 9.90. The van der Waals surface area contributed by atoms with Gasteiger partial charge in [0.15, 0.2) is 6.61 Å². The number of anilines is 1. The zero-order valence-electron chi connectivity index (χ0n) is 19.4. The second-order valence-electron chi connectivity index (χ2n) is 8.20. The lowest BCUT2D eigenvalue weighted by Crippen LogP contribution is -2.20. The van der Waals surface area contributed by atoms with Crippen molar-refractivity contribution in [2.75, 3.05) is 11.9 Å². The highest BCUT2D eigenvalue weighted by Gasteiger charge is 2.11. The van der Waals surface area contributed by atoms with Crippen molar-refractivity contribution in [3.8, 4) is 16.3 Å². The number of benzene rings is 3. The molecule has 1 amide bonds. The minimum atomic E-state index is -0.371. The Morgan fingerprint density at radius 1 is 1.00 bits per heavy atom. The van der Waals surface area contributed by atoms with Crippen LogP contribution in [0.3, 0.4) is 0 Å². The molecule has 3 aromatic carbocycles. The molecule has 0 aliphatic rings. The summed E-state index contributed by atoms with van der Waals surface area (Å²) < 4.78 is 12.1. The van der Waals surface area contributed by atoms with E-state index in [0.717, 1.165) is 31.7 Å². The Morgan fingerprint density at radius 3 is 2.54 bits per heavy atom. The highest BCUT2D eigenvalue weighted by molar-refractivity contribution is 7.21. The minimum absolute atomic E-state index is 0. The molecule has 2 heterocycles. The topological polar surface area (TPSA) is 81.4 Å². The molecule has 0 aliphatic heterocycles. The lowest BCUT2D eigenvalue weighted by atomic mass is 10.1. The number of carbonyl (C=O) groups excluding carboxylic acids is 1. The van der Waals surface area contributed by atoms with Crippen molar-refractivity contribution in [1.29, 1.82) is 0 Å². The zero-order valence-corrected chi connectivity index (χ0v) is 21.0. The van der Waals surface area contributed by atoms with Gasteiger partial charge in [0.05, 0.1) is 10.2 Å². The van der Waals surface area contributed by atoms with E-state index < -0.39 is 0 Å². The van der Waals surface area contributed by atoms with Crippen molar-refractivity contribution in [3.05, 3.63) is 87.8 Å². The average molecular weight is 507 g/mol. The van der Waals surface area contributed by atoms with Gasteiger partial charge in [-0.2, -0.15) is 0 Å². The maximum atomic E-state index is 12.4. The SMILES string of the molecule is Cc1ccc2nc(-c3ccc(NC(=O)COc4ccc5c(C)c(C)c(=O)oc5c4)cc3)sc2c1.Cl. The number of halogens is 1. The number of aromatic nitrogens is 1. The number of hydrogen-bond donors (Lipinski definition) is 1. The Labute approximate surface area is 212 Å². The second-order valence-corrected chi connectivity index (χ2v) is 9.23. The number of thiazole rings is 1. The van der Waals surface area contributed by atoms with Crippen LogP contribution < -0.4 is 15.7 Å². The molecule has 0 aliphatic carbocycles. The maximum Gasteiger partial charge on any atom is 0.339 e. The molecule has 5 rings (SSSR count). The number of carbonyl (C=O) groups is 1. The molecule has 0 radical (unpaired) electrons. The van der Waals surface area contributed by atoms with Gasteiger partial charge in [0.25, 0.3) is 5.91 Å². The van der Waals surface area contributed by atoms with Crippen LogP contribution in [0.4, 0.5) is 5.69 Å². The van der Waals surface area contributed by atoms with Crippen LogP contribution in [0.25, 0.3) is 31.8 Å². The first-order valence-corrected chi connectivity index (χ1v) is 11.6. The fourth-order valence-electron chi connectivity index (χ4n) is 3.72. The third kappa shape index (κ3) is 5.06. The molecular weight excluding hydrogens is 484 g/mol. The standard InChI is InChI=1S/C27H22N2O4S.ClH/c1-15-4-11-22-24(12-15)34-26(29-22)18-5-7-19(8-6-18)28-25(30)14-32-20-9-10-21-16(2)17(3)27(31)33-23(21)13-20;/h4-13H,14H2,1-3H3,(H,28,30);1H. The smallest absolute Gasteiger partial charge is 0.339 e. The third-order valence-corrected chi connectivity index (χ3v) is 6.83. The highest BCUT2D eigenvalue weighted by Crippen LogP contribution is 2.31. The fraction of sp³-hybridized carbons (Fsp3) is 0.148. The van der Waals surface area contributed by atoms with E-state index in [-0.39, 0.29) is 30.5 Å². The van der Waals surface area contributed by atoms with Crippen molar-refractivity contribution >= 4 is 56.5 Å². The number of rotatable bonds is 5. The van der Waals surface area contributed by atoms with Crippen LogP contribution in [0.5, 0.6) is 5.75 Å². The van der Waals surface area contributed by atoms with Gasteiger partial charge in [0.1, 0.15) is 16.3 Å². The Bertz CT molecular complexity index is 1610. The van der Waals surface area contributed by atoms with Gasteiger partial charge in [0, 0.05) is 28.3 Å². The number of nitrogens with one attached hydrogen (secondary N) is 1. The van der Waals surface area contributed by atoms with E-state index in [0.29, 0.717) is 22.6 Å². The maximum absolute atomic E-state index is 12.4. The molecule has 0 spiro atoms. The Balaban J connectivity index is 0.00000289. The lowest BCUT2D eigenvalue weighted by Gasteiger charge is -2.09. The molecule has 8 heteroatoms. The van der Waals surface area contributed by atoms with Crippen molar-refractivity contribution in [2.45, 2.75) is 20.8 Å². The van der Waals surface area contributed by atoms with Crippen LogP contribution in [0.15, 0.2) is 69.9 Å². The van der Waals surface area contributed by atoms with Gasteiger partial charge in [0.2, 0.25) is 0 Å². The van der Waals surface area contributed by atoms with Gasteiger partial charge >= 0.3 is 5.63 Å². The van der Waals surface area contributed by atoms with Crippen LogP contribution in [0, 0.1) is 20.8 Å². The van der Waals surface area contributed by atoms with E-state index in [2.05, 4.69) is 24.4 Å². The molecule has 2 aromatic heterocycles. The van der Waals surface area contributed by atoms with Gasteiger partial charge in [-0.05, 0) is 80.4 Å². The molecule has 0 atom stereocenters. The minimum Gasteiger partial charge on any atom is -0.484 e. The summed E-state index contributed by atoms with van der Waals surface area (Å²) in [6.07, 6.45) is 0. The van der Waals surface area contributed by atoms with Gasteiger partial charge < -0.3 is 14.5 Å². The Morgan fingerprint density at radius 2 is 1.77 bits per heavy atom. The van der Waals surface area contributed by atoms with Gasteiger partial charge in [-0.3, -0.25) is 4.79 Å². The summed E-state index contributed by atoms with van der Waals surface area (Å²) in [4.78, 5) is 29.0. The summed E-state index contributed by atoms with van der Waals surface area (Å²) in [6.45, 7) is 5.52. The van der Waals surface area contributed by atoms with Crippen molar-refractivity contribution in [3.63, 3.8) is 0 Å². The molecule has 0 unspecified atom stereocenters. The number of fused-ring (bicyclic) bond motifs is 2. The van der Waals surface area contributed by atoms with E-state index in [1.54, 1.807) is 30.4 Å². The Hall–Kier alpha value is -3.68. The van der Waals surface area contributed by atoms with Crippen molar-refractivity contribution < 1.29 is 13.9 Å². The predicted molar refractivity (Wildman–Crippen MR) is 143 cm³/mol. The fourth-order valence-corrected chi connectivity index (χ4v) is 4.78. The van der Waals surface area contributed by atoms with Gasteiger partial charge in [-0.15, -0.1) is 23.7 Å². The number of hydrogen-bond acceptors (Lipinski definition) is 6. The summed E-state index contributed by atoms with van der Waals surface area (Å²) in [7, 11) is 0. The van der Waals surface area contributed by atoms with E-state index in [1.807, 2.05) is 43.3 Å². The van der Waals surface area contributed by atoms with Crippen LogP contribution in [-0.4, -0.2) is 17.5 Å². The number of aryl methyl sites for hydroxylation is 2. The molecule has 0 saturated carbocycles. The van der Waals surface area contributed by atoms with E-state index in [4.69, 9.17) is 14.1 Å². The molecule has 0 fully saturated rings. The quantitative estimate of drug-likeness (QED) is 0.278. The first-order chi connectivity index (χ1) is 16.4. The van der Waals surface area contributed by atoms with Crippen molar-refractivity contribution in [2.24, 2.45) is 0 Å². The molecule has 35 heavy (non-hydrogen) atoms.